The zero-order valence-corrected chi connectivity index (χ0v) is 10.9. The van der Waals surface area contributed by atoms with Crippen molar-refractivity contribution in [3.63, 3.8) is 0 Å². The highest BCUT2D eigenvalue weighted by molar-refractivity contribution is 9.08. The molecule has 1 unspecified atom stereocenters. The summed E-state index contributed by atoms with van der Waals surface area (Å²) in [5.74, 6) is -0.0615. The average molecular weight is 294 g/mol. The summed E-state index contributed by atoms with van der Waals surface area (Å²) < 4.78 is 0. The summed E-state index contributed by atoms with van der Waals surface area (Å²) in [6.45, 7) is 1.48. The molecule has 0 aliphatic rings. The number of hydrogen-bond donors (Lipinski definition) is 1. The number of ketones is 1. The van der Waals surface area contributed by atoms with Gasteiger partial charge in [-0.05, 0) is 24.1 Å². The van der Waals surface area contributed by atoms with Crippen molar-refractivity contribution in [2.75, 3.05) is 0 Å². The molecular formula is C10H10BrClOS. The Balaban J connectivity index is 3.05. The van der Waals surface area contributed by atoms with Gasteiger partial charge < -0.3 is 0 Å². The van der Waals surface area contributed by atoms with Crippen molar-refractivity contribution >= 4 is 45.9 Å². The van der Waals surface area contributed by atoms with Crippen LogP contribution in [0.4, 0.5) is 0 Å². The van der Waals surface area contributed by atoms with Gasteiger partial charge in [-0.15, -0.1) is 24.2 Å². The molecule has 14 heavy (non-hydrogen) atoms. The smallest absolute Gasteiger partial charge is 0.152 e. The van der Waals surface area contributed by atoms with Gasteiger partial charge in [-0.2, -0.15) is 0 Å². The maximum atomic E-state index is 11.1. The van der Waals surface area contributed by atoms with Crippen molar-refractivity contribution in [2.24, 2.45) is 0 Å². The molecule has 0 aliphatic heterocycles. The molecule has 0 amide bonds. The van der Waals surface area contributed by atoms with Crippen molar-refractivity contribution in [3.05, 3.63) is 29.3 Å². The van der Waals surface area contributed by atoms with Crippen LogP contribution in [0.5, 0.6) is 0 Å². The molecule has 0 heterocycles. The lowest BCUT2D eigenvalue weighted by atomic mass is 10.1. The van der Waals surface area contributed by atoms with E-state index in [1.165, 1.54) is 6.92 Å². The van der Waals surface area contributed by atoms with Crippen LogP contribution in [-0.2, 0) is 10.1 Å². The maximum Gasteiger partial charge on any atom is 0.152 e. The van der Waals surface area contributed by atoms with Gasteiger partial charge in [0.25, 0.3) is 0 Å². The minimum atomic E-state index is -0.591. The first-order chi connectivity index (χ1) is 6.56. The Bertz CT molecular complexity index is 354. The van der Waals surface area contributed by atoms with Gasteiger partial charge in [0.1, 0.15) is 5.38 Å². The number of carbonyl (C=O) groups excluding carboxylic acids is 1. The molecule has 0 saturated heterocycles. The van der Waals surface area contributed by atoms with Crippen LogP contribution in [0.2, 0.25) is 0 Å². The largest absolute Gasteiger partial charge is 0.298 e. The minimum absolute atomic E-state index is 0.0615. The predicted molar refractivity (Wildman–Crippen MR) is 65.6 cm³/mol. The van der Waals surface area contributed by atoms with Crippen LogP contribution in [0.1, 0.15) is 23.4 Å². The molecule has 0 radical (unpaired) electrons. The third-order valence-corrected chi connectivity index (χ3v) is 3.46. The van der Waals surface area contributed by atoms with E-state index in [0.29, 0.717) is 0 Å². The monoisotopic (exact) mass is 292 g/mol. The van der Waals surface area contributed by atoms with Crippen LogP contribution in [-0.4, -0.2) is 5.78 Å². The van der Waals surface area contributed by atoms with E-state index in [4.69, 9.17) is 11.6 Å². The van der Waals surface area contributed by atoms with Gasteiger partial charge in [0.2, 0.25) is 0 Å². The number of hydrogen-bond acceptors (Lipinski definition) is 2. The highest BCUT2D eigenvalue weighted by Crippen LogP contribution is 2.28. The quantitative estimate of drug-likeness (QED) is 0.663. The molecule has 76 valence electrons. The number of carbonyl (C=O) groups is 1. The van der Waals surface area contributed by atoms with E-state index in [9.17, 15) is 4.79 Å². The van der Waals surface area contributed by atoms with Crippen LogP contribution in [0, 0.1) is 0 Å². The Kier molecular flexibility index (Phi) is 4.48. The Morgan fingerprint density at radius 1 is 1.64 bits per heavy atom. The van der Waals surface area contributed by atoms with E-state index in [0.717, 1.165) is 21.4 Å². The molecule has 0 aliphatic carbocycles. The Morgan fingerprint density at radius 3 is 2.71 bits per heavy atom. The molecule has 1 aromatic rings. The van der Waals surface area contributed by atoms with Gasteiger partial charge >= 0.3 is 0 Å². The third-order valence-electron chi connectivity index (χ3n) is 1.88. The maximum absolute atomic E-state index is 11.1. The topological polar surface area (TPSA) is 17.1 Å². The van der Waals surface area contributed by atoms with Crippen molar-refractivity contribution in [1.29, 1.82) is 0 Å². The van der Waals surface area contributed by atoms with Crippen molar-refractivity contribution in [3.8, 4) is 0 Å². The molecule has 1 rings (SSSR count). The van der Waals surface area contributed by atoms with E-state index in [2.05, 4.69) is 28.6 Å². The normalized spacial score (nSPS) is 12.6. The molecular weight excluding hydrogens is 284 g/mol. The van der Waals surface area contributed by atoms with Gasteiger partial charge in [0, 0.05) is 10.2 Å². The first-order valence-corrected chi connectivity index (χ1v) is 6.09. The van der Waals surface area contributed by atoms with Crippen LogP contribution >= 0.6 is 40.2 Å². The van der Waals surface area contributed by atoms with Crippen LogP contribution < -0.4 is 0 Å². The highest BCUT2D eigenvalue weighted by Gasteiger charge is 2.15. The molecule has 0 bridgehead atoms. The molecule has 0 N–H and O–H groups in total. The summed E-state index contributed by atoms with van der Waals surface area (Å²) >= 11 is 13.6. The van der Waals surface area contributed by atoms with Gasteiger partial charge in [0.05, 0.1) is 0 Å². The summed E-state index contributed by atoms with van der Waals surface area (Å²) in [7, 11) is 0. The second-order valence-electron chi connectivity index (χ2n) is 3.00. The van der Waals surface area contributed by atoms with E-state index in [1.54, 1.807) is 0 Å². The summed E-state index contributed by atoms with van der Waals surface area (Å²) in [6.07, 6.45) is 0. The molecule has 4 heteroatoms. The Labute approximate surface area is 102 Å². The molecule has 1 nitrogen and oxygen atoms in total. The van der Waals surface area contributed by atoms with Gasteiger partial charge in [-0.3, -0.25) is 4.79 Å². The lowest BCUT2D eigenvalue weighted by Crippen LogP contribution is -2.02. The number of benzene rings is 1. The Morgan fingerprint density at radius 2 is 2.29 bits per heavy atom. The summed E-state index contributed by atoms with van der Waals surface area (Å²) in [4.78, 5) is 11.8. The third kappa shape index (κ3) is 2.75. The number of thiol groups is 1. The fraction of sp³-hybridized carbons (Fsp3) is 0.300. The number of halogens is 2. The molecule has 0 saturated carbocycles. The molecule has 0 aromatic heterocycles. The number of Topliss-reactive ketones (excluding diaryl/α,β-unsaturated/α-hetero) is 1. The number of rotatable bonds is 3. The molecule has 1 aromatic carbocycles. The molecule has 0 fully saturated rings. The second-order valence-corrected chi connectivity index (χ2v) is 4.48. The van der Waals surface area contributed by atoms with Gasteiger partial charge in [-0.25, -0.2) is 0 Å². The van der Waals surface area contributed by atoms with Crippen molar-refractivity contribution in [1.82, 2.24) is 0 Å². The predicted octanol–water partition coefficient (Wildman–Crippen LogP) is 3.74. The van der Waals surface area contributed by atoms with Crippen molar-refractivity contribution < 1.29 is 4.79 Å². The van der Waals surface area contributed by atoms with Crippen LogP contribution in [0.25, 0.3) is 0 Å². The molecule has 0 spiro atoms. The minimum Gasteiger partial charge on any atom is -0.298 e. The molecule has 1 atom stereocenters. The van der Waals surface area contributed by atoms with E-state index in [1.807, 2.05) is 18.2 Å². The van der Waals surface area contributed by atoms with Crippen LogP contribution in [0.15, 0.2) is 23.1 Å². The average Bonchev–Trinajstić information content (AvgIpc) is 2.16. The van der Waals surface area contributed by atoms with Crippen LogP contribution in [0.3, 0.4) is 0 Å². The fourth-order valence-corrected chi connectivity index (χ4v) is 2.09. The van der Waals surface area contributed by atoms with Gasteiger partial charge in [0.15, 0.2) is 5.78 Å². The SMILES string of the molecule is CC(=O)C(Cl)c1ccc(CBr)cc1S. The van der Waals surface area contributed by atoms with E-state index >= 15 is 0 Å². The standard InChI is InChI=1S/C10H10BrClOS/c1-6(13)10(12)8-3-2-7(5-11)4-9(8)14/h2-4,10,14H,5H2,1H3. The lowest BCUT2D eigenvalue weighted by Gasteiger charge is -2.09. The second kappa shape index (κ2) is 5.19. The summed E-state index contributed by atoms with van der Waals surface area (Å²) in [6, 6.07) is 5.69. The van der Waals surface area contributed by atoms with Crippen molar-refractivity contribution in [2.45, 2.75) is 22.5 Å². The fourth-order valence-electron chi connectivity index (χ4n) is 1.11. The first kappa shape index (κ1) is 12.1. The van der Waals surface area contributed by atoms with E-state index < -0.39 is 5.38 Å². The summed E-state index contributed by atoms with van der Waals surface area (Å²) in [5, 5.41) is 0.181. The zero-order valence-electron chi connectivity index (χ0n) is 7.63. The van der Waals surface area contributed by atoms with E-state index in [-0.39, 0.29) is 5.78 Å². The number of alkyl halides is 2. The summed E-state index contributed by atoms with van der Waals surface area (Å²) in [5.41, 5.74) is 1.89. The zero-order chi connectivity index (χ0) is 10.7. The first-order valence-electron chi connectivity index (χ1n) is 4.08. The highest BCUT2D eigenvalue weighted by atomic mass is 79.9. The van der Waals surface area contributed by atoms with Gasteiger partial charge in [-0.1, -0.05) is 28.1 Å². The Hall–Kier alpha value is 0.01000. The lowest BCUT2D eigenvalue weighted by molar-refractivity contribution is -0.116.